The van der Waals surface area contributed by atoms with Gasteiger partial charge >= 0.3 is 5.97 Å². The predicted octanol–water partition coefficient (Wildman–Crippen LogP) is 2.93. The summed E-state index contributed by atoms with van der Waals surface area (Å²) in [5.74, 6) is -0.926. The molecule has 1 radical (unpaired) electrons. The van der Waals surface area contributed by atoms with Crippen molar-refractivity contribution >= 4 is 17.3 Å². The van der Waals surface area contributed by atoms with Crippen LogP contribution in [0.1, 0.15) is 10.4 Å². The lowest BCUT2D eigenvalue weighted by atomic mass is 10.2. The van der Waals surface area contributed by atoms with Gasteiger partial charge < -0.3 is 10.4 Å². The van der Waals surface area contributed by atoms with E-state index in [9.17, 15) is 4.79 Å². The molecule has 16 heavy (non-hydrogen) atoms. The Kier molecular flexibility index (Phi) is 2.87. The number of rotatable bonds is 3. The van der Waals surface area contributed by atoms with Crippen LogP contribution in [-0.4, -0.2) is 11.1 Å². The van der Waals surface area contributed by atoms with E-state index in [0.29, 0.717) is 0 Å². The fourth-order valence-corrected chi connectivity index (χ4v) is 1.37. The van der Waals surface area contributed by atoms with Gasteiger partial charge in [-0.1, -0.05) is 18.2 Å². The molecule has 0 aliphatic rings. The highest BCUT2D eigenvalue weighted by molar-refractivity contribution is 5.89. The van der Waals surface area contributed by atoms with Gasteiger partial charge in [0.15, 0.2) is 0 Å². The van der Waals surface area contributed by atoms with Gasteiger partial charge in [-0.15, -0.1) is 0 Å². The molecule has 2 N–H and O–H groups in total. The molecule has 0 atom stereocenters. The van der Waals surface area contributed by atoms with Crippen LogP contribution >= 0.6 is 0 Å². The zero-order valence-corrected chi connectivity index (χ0v) is 8.47. The molecule has 0 aliphatic heterocycles. The predicted molar refractivity (Wildman–Crippen MR) is 62.0 cm³/mol. The Morgan fingerprint density at radius 1 is 1.12 bits per heavy atom. The molecule has 0 aliphatic carbocycles. The fraction of sp³-hybridized carbons (Fsp3) is 0. The van der Waals surface area contributed by atoms with E-state index in [1.165, 1.54) is 0 Å². The smallest absolute Gasteiger partial charge is 0.335 e. The van der Waals surface area contributed by atoms with E-state index in [1.807, 2.05) is 18.2 Å². The first kappa shape index (κ1) is 10.2. The highest BCUT2D eigenvalue weighted by Gasteiger charge is 2.02. The van der Waals surface area contributed by atoms with Gasteiger partial charge in [-0.2, -0.15) is 0 Å². The Bertz CT molecular complexity index is 494. The normalized spacial score (nSPS) is 9.75. The fourth-order valence-electron chi connectivity index (χ4n) is 1.37. The lowest BCUT2D eigenvalue weighted by Gasteiger charge is -2.06. The van der Waals surface area contributed by atoms with Gasteiger partial charge in [-0.25, -0.2) is 4.79 Å². The second-order valence-electron chi connectivity index (χ2n) is 3.30. The van der Waals surface area contributed by atoms with Gasteiger partial charge in [0.05, 0.1) is 5.56 Å². The molecule has 0 aromatic heterocycles. The quantitative estimate of drug-likeness (QED) is 0.822. The molecule has 0 spiro atoms. The summed E-state index contributed by atoms with van der Waals surface area (Å²) in [5.41, 5.74) is 1.93. The molecule has 0 saturated heterocycles. The van der Waals surface area contributed by atoms with Crippen molar-refractivity contribution in [3.63, 3.8) is 0 Å². The first-order chi connectivity index (χ1) is 7.75. The van der Waals surface area contributed by atoms with Crippen molar-refractivity contribution in [2.45, 2.75) is 0 Å². The summed E-state index contributed by atoms with van der Waals surface area (Å²) in [6.45, 7) is 0. The van der Waals surface area contributed by atoms with E-state index < -0.39 is 5.97 Å². The summed E-state index contributed by atoms with van der Waals surface area (Å²) in [4.78, 5) is 10.8. The van der Waals surface area contributed by atoms with E-state index in [1.54, 1.807) is 30.3 Å². The maximum atomic E-state index is 10.8. The number of nitrogens with one attached hydrogen (secondary N) is 1. The number of anilines is 2. The van der Waals surface area contributed by atoms with Crippen LogP contribution in [0.4, 0.5) is 11.4 Å². The van der Waals surface area contributed by atoms with E-state index in [4.69, 9.17) is 5.11 Å². The SMILES string of the molecule is O=C(O)c1cccc(Nc2cc[c]cc2)c1. The first-order valence-electron chi connectivity index (χ1n) is 4.82. The maximum Gasteiger partial charge on any atom is 0.335 e. The van der Waals surface area contributed by atoms with Gasteiger partial charge in [0.1, 0.15) is 0 Å². The minimum atomic E-state index is -0.926. The molecule has 2 aromatic carbocycles. The molecule has 2 aromatic rings. The van der Waals surface area contributed by atoms with Gasteiger partial charge in [0.2, 0.25) is 0 Å². The molecule has 2 rings (SSSR count). The minimum Gasteiger partial charge on any atom is -0.478 e. The largest absolute Gasteiger partial charge is 0.478 e. The maximum absolute atomic E-state index is 10.8. The lowest BCUT2D eigenvalue weighted by Crippen LogP contribution is -1.97. The van der Waals surface area contributed by atoms with Crippen LogP contribution in [0.3, 0.4) is 0 Å². The molecule has 0 unspecified atom stereocenters. The summed E-state index contributed by atoms with van der Waals surface area (Å²) < 4.78 is 0. The van der Waals surface area contributed by atoms with Crippen LogP contribution in [0.2, 0.25) is 0 Å². The topological polar surface area (TPSA) is 49.3 Å². The van der Waals surface area contributed by atoms with Crippen LogP contribution < -0.4 is 5.32 Å². The molecular weight excluding hydrogens is 202 g/mol. The molecule has 0 heterocycles. The van der Waals surface area contributed by atoms with Crippen molar-refractivity contribution in [3.05, 3.63) is 60.2 Å². The highest BCUT2D eigenvalue weighted by atomic mass is 16.4. The number of carboxylic acids is 1. The molecule has 0 fully saturated rings. The van der Waals surface area contributed by atoms with Crippen molar-refractivity contribution in [1.29, 1.82) is 0 Å². The Morgan fingerprint density at radius 2 is 1.88 bits per heavy atom. The van der Waals surface area contributed by atoms with Crippen LogP contribution in [0.25, 0.3) is 0 Å². The molecular formula is C13H10NO2. The third-order valence-corrected chi connectivity index (χ3v) is 2.12. The number of benzene rings is 2. The summed E-state index contributed by atoms with van der Waals surface area (Å²) >= 11 is 0. The van der Waals surface area contributed by atoms with Crippen molar-refractivity contribution in [2.75, 3.05) is 5.32 Å². The molecule has 79 valence electrons. The van der Waals surface area contributed by atoms with Crippen LogP contribution in [-0.2, 0) is 0 Å². The highest BCUT2D eigenvalue weighted by Crippen LogP contribution is 2.17. The van der Waals surface area contributed by atoms with Crippen molar-refractivity contribution in [1.82, 2.24) is 0 Å². The van der Waals surface area contributed by atoms with E-state index in [-0.39, 0.29) is 5.56 Å². The third kappa shape index (κ3) is 2.39. The van der Waals surface area contributed by atoms with Crippen LogP contribution in [0.15, 0.2) is 48.5 Å². The Balaban J connectivity index is 2.22. The monoisotopic (exact) mass is 212 g/mol. The van der Waals surface area contributed by atoms with E-state index in [0.717, 1.165) is 11.4 Å². The molecule has 3 heteroatoms. The van der Waals surface area contributed by atoms with Crippen LogP contribution in [0, 0.1) is 6.07 Å². The Morgan fingerprint density at radius 3 is 2.56 bits per heavy atom. The summed E-state index contributed by atoms with van der Waals surface area (Å²) in [6.07, 6.45) is 0. The average Bonchev–Trinajstić information content (AvgIpc) is 2.30. The average molecular weight is 212 g/mol. The number of hydrogen-bond acceptors (Lipinski definition) is 2. The van der Waals surface area contributed by atoms with Gasteiger partial charge in [0, 0.05) is 11.4 Å². The molecule has 0 saturated carbocycles. The second-order valence-corrected chi connectivity index (χ2v) is 3.30. The Hall–Kier alpha value is -2.29. The summed E-state index contributed by atoms with van der Waals surface area (Å²) in [6, 6.07) is 16.9. The molecule has 0 amide bonds. The lowest BCUT2D eigenvalue weighted by molar-refractivity contribution is 0.0697. The zero-order chi connectivity index (χ0) is 11.4. The van der Waals surface area contributed by atoms with Gasteiger partial charge in [0.25, 0.3) is 0 Å². The Labute approximate surface area is 93.4 Å². The number of carboxylic acid groups (broad SMARTS) is 1. The third-order valence-electron chi connectivity index (χ3n) is 2.12. The standard InChI is InChI=1S/C13H10NO2/c15-13(16)10-5-4-8-12(9-10)14-11-6-2-1-3-7-11/h2-9,14H,(H,15,16). The molecule has 3 nitrogen and oxygen atoms in total. The zero-order valence-electron chi connectivity index (χ0n) is 8.47. The number of carbonyl (C=O) groups is 1. The second kappa shape index (κ2) is 4.49. The molecule has 0 bridgehead atoms. The van der Waals surface area contributed by atoms with Gasteiger partial charge in [-0.3, -0.25) is 0 Å². The number of hydrogen-bond donors (Lipinski definition) is 2. The van der Waals surface area contributed by atoms with Crippen molar-refractivity contribution < 1.29 is 9.90 Å². The van der Waals surface area contributed by atoms with Crippen LogP contribution in [0.5, 0.6) is 0 Å². The van der Waals surface area contributed by atoms with Crippen molar-refractivity contribution in [2.24, 2.45) is 0 Å². The van der Waals surface area contributed by atoms with Gasteiger partial charge in [-0.05, 0) is 36.4 Å². The summed E-state index contributed by atoms with van der Waals surface area (Å²) in [5, 5.41) is 12.0. The number of aromatic carboxylic acids is 1. The first-order valence-corrected chi connectivity index (χ1v) is 4.82. The van der Waals surface area contributed by atoms with Crippen molar-refractivity contribution in [3.8, 4) is 0 Å². The van der Waals surface area contributed by atoms with E-state index >= 15 is 0 Å². The minimum absolute atomic E-state index is 0.271. The summed E-state index contributed by atoms with van der Waals surface area (Å²) in [7, 11) is 0. The van der Waals surface area contributed by atoms with E-state index in [2.05, 4.69) is 11.4 Å².